The van der Waals surface area contributed by atoms with Crippen LogP contribution in [0.15, 0.2) is 72.8 Å². The van der Waals surface area contributed by atoms with E-state index in [1.165, 1.54) is 5.92 Å². The van der Waals surface area contributed by atoms with Crippen molar-refractivity contribution in [3.63, 3.8) is 0 Å². The molecule has 0 atom stereocenters. The fourth-order valence-corrected chi connectivity index (χ4v) is 2.86. The molecule has 0 spiro atoms. The minimum atomic E-state index is 0.859. The quantitative estimate of drug-likeness (QED) is 0.526. The minimum Gasteiger partial charge on any atom is -0.497 e. The Hall–Kier alpha value is -2.74. The summed E-state index contributed by atoms with van der Waals surface area (Å²) in [6.45, 7) is 0. The SMILES string of the molecule is COc1ccc([C]2c3ccccc3Oc3ccccc32)cc1. The maximum Gasteiger partial charge on any atom is 0.131 e. The van der Waals surface area contributed by atoms with Gasteiger partial charge in [0.2, 0.25) is 0 Å². The summed E-state index contributed by atoms with van der Waals surface area (Å²) in [6, 6.07) is 24.5. The highest BCUT2D eigenvalue weighted by molar-refractivity contribution is 5.68. The number of rotatable bonds is 2. The number of ether oxygens (including phenoxy) is 2. The largest absolute Gasteiger partial charge is 0.497 e. The average Bonchev–Trinajstić information content (AvgIpc) is 2.60. The molecule has 3 aromatic carbocycles. The number of hydrogen-bond acceptors (Lipinski definition) is 2. The highest BCUT2D eigenvalue weighted by Gasteiger charge is 2.28. The van der Waals surface area contributed by atoms with Gasteiger partial charge < -0.3 is 9.47 Å². The summed E-state index contributed by atoms with van der Waals surface area (Å²) in [5.41, 5.74) is 3.39. The molecule has 0 N–H and O–H groups in total. The van der Waals surface area contributed by atoms with E-state index in [9.17, 15) is 0 Å². The van der Waals surface area contributed by atoms with Gasteiger partial charge in [0.25, 0.3) is 0 Å². The molecule has 0 fully saturated rings. The fourth-order valence-electron chi connectivity index (χ4n) is 2.86. The van der Waals surface area contributed by atoms with E-state index in [0.29, 0.717) is 0 Å². The van der Waals surface area contributed by atoms with Crippen LogP contribution in [0.1, 0.15) is 16.7 Å². The van der Waals surface area contributed by atoms with Crippen LogP contribution in [0.3, 0.4) is 0 Å². The fraction of sp³-hybridized carbons (Fsp3) is 0.0500. The van der Waals surface area contributed by atoms with E-state index in [0.717, 1.165) is 33.9 Å². The summed E-state index contributed by atoms with van der Waals surface area (Å²) in [6.07, 6.45) is 0. The molecule has 1 heterocycles. The van der Waals surface area contributed by atoms with Gasteiger partial charge >= 0.3 is 0 Å². The second-order valence-corrected chi connectivity index (χ2v) is 5.20. The molecule has 0 saturated heterocycles. The van der Waals surface area contributed by atoms with Crippen molar-refractivity contribution in [1.29, 1.82) is 0 Å². The van der Waals surface area contributed by atoms with E-state index in [-0.39, 0.29) is 0 Å². The number of methoxy groups -OCH3 is 1. The second-order valence-electron chi connectivity index (χ2n) is 5.20. The summed E-state index contributed by atoms with van der Waals surface area (Å²) in [7, 11) is 1.68. The maximum atomic E-state index is 6.03. The van der Waals surface area contributed by atoms with Crippen molar-refractivity contribution >= 4 is 0 Å². The molecule has 0 aromatic heterocycles. The Kier molecular flexibility index (Phi) is 3.08. The molecule has 0 bridgehead atoms. The smallest absolute Gasteiger partial charge is 0.131 e. The summed E-state index contributed by atoms with van der Waals surface area (Å²) in [5, 5.41) is 0. The lowest BCUT2D eigenvalue weighted by molar-refractivity contribution is 0.414. The van der Waals surface area contributed by atoms with Crippen LogP contribution in [0.2, 0.25) is 0 Å². The molecule has 22 heavy (non-hydrogen) atoms. The molecule has 4 rings (SSSR count). The third-order valence-corrected chi connectivity index (χ3v) is 3.91. The van der Waals surface area contributed by atoms with Gasteiger partial charge in [-0.3, -0.25) is 0 Å². The van der Waals surface area contributed by atoms with Crippen molar-refractivity contribution in [3.8, 4) is 17.2 Å². The van der Waals surface area contributed by atoms with Crippen molar-refractivity contribution in [2.45, 2.75) is 0 Å². The highest BCUT2D eigenvalue weighted by atomic mass is 16.5. The predicted octanol–water partition coefficient (Wildman–Crippen LogP) is 4.82. The molecular weight excluding hydrogens is 272 g/mol. The monoisotopic (exact) mass is 287 g/mol. The molecule has 3 aromatic rings. The number of hydrogen-bond donors (Lipinski definition) is 0. The van der Waals surface area contributed by atoms with Crippen LogP contribution in [0.4, 0.5) is 0 Å². The van der Waals surface area contributed by atoms with Gasteiger partial charge in [0.1, 0.15) is 17.2 Å². The molecule has 0 aliphatic carbocycles. The Morgan fingerprint density at radius 2 is 1.23 bits per heavy atom. The van der Waals surface area contributed by atoms with Crippen LogP contribution in [0, 0.1) is 5.92 Å². The lowest BCUT2D eigenvalue weighted by atomic mass is 9.83. The van der Waals surface area contributed by atoms with E-state index in [1.807, 2.05) is 48.5 Å². The molecular formula is C20H15O2. The summed E-state index contributed by atoms with van der Waals surface area (Å²) >= 11 is 0. The molecule has 0 saturated carbocycles. The number of benzene rings is 3. The average molecular weight is 287 g/mol. The van der Waals surface area contributed by atoms with E-state index >= 15 is 0 Å². The van der Waals surface area contributed by atoms with Gasteiger partial charge in [-0.25, -0.2) is 0 Å². The maximum absolute atomic E-state index is 6.03. The van der Waals surface area contributed by atoms with Crippen LogP contribution in [-0.4, -0.2) is 7.11 Å². The molecule has 2 nitrogen and oxygen atoms in total. The van der Waals surface area contributed by atoms with E-state index in [1.54, 1.807) is 7.11 Å². The first-order chi connectivity index (χ1) is 10.9. The molecule has 0 unspecified atom stereocenters. The van der Waals surface area contributed by atoms with Crippen LogP contribution in [-0.2, 0) is 0 Å². The third-order valence-electron chi connectivity index (χ3n) is 3.91. The first kappa shape index (κ1) is 13.0. The van der Waals surface area contributed by atoms with Crippen LogP contribution in [0.25, 0.3) is 0 Å². The van der Waals surface area contributed by atoms with Crippen molar-refractivity contribution < 1.29 is 9.47 Å². The Morgan fingerprint density at radius 3 is 1.77 bits per heavy atom. The van der Waals surface area contributed by atoms with E-state index in [2.05, 4.69) is 24.3 Å². The topological polar surface area (TPSA) is 18.5 Å². The normalized spacial score (nSPS) is 13.0. The standard InChI is InChI=1S/C20H15O2/c1-21-15-12-10-14(11-13-15)20-16-6-2-4-8-18(16)22-19-9-5-3-7-17(19)20/h2-13H,1H3. The Bertz CT molecular complexity index is 760. The first-order valence-corrected chi connectivity index (χ1v) is 7.25. The van der Waals surface area contributed by atoms with E-state index < -0.39 is 0 Å². The third kappa shape index (κ3) is 2.04. The van der Waals surface area contributed by atoms with Gasteiger partial charge in [-0.05, 0) is 29.8 Å². The van der Waals surface area contributed by atoms with Crippen LogP contribution < -0.4 is 9.47 Å². The molecule has 107 valence electrons. The molecule has 1 aliphatic rings. The van der Waals surface area contributed by atoms with Crippen LogP contribution >= 0.6 is 0 Å². The molecule has 1 aliphatic heterocycles. The lowest BCUT2D eigenvalue weighted by Crippen LogP contribution is -2.12. The molecule has 0 amide bonds. The summed E-state index contributed by atoms with van der Waals surface area (Å²) < 4.78 is 11.3. The van der Waals surface area contributed by atoms with E-state index in [4.69, 9.17) is 9.47 Å². The molecule has 2 heteroatoms. The van der Waals surface area contributed by atoms with Gasteiger partial charge in [-0.15, -0.1) is 0 Å². The van der Waals surface area contributed by atoms with Crippen molar-refractivity contribution in [2.24, 2.45) is 0 Å². The summed E-state index contributed by atoms with van der Waals surface area (Å²) in [4.78, 5) is 0. The van der Waals surface area contributed by atoms with Crippen molar-refractivity contribution in [1.82, 2.24) is 0 Å². The first-order valence-electron chi connectivity index (χ1n) is 7.25. The zero-order chi connectivity index (χ0) is 14.9. The molecule has 1 radical (unpaired) electrons. The van der Waals surface area contributed by atoms with Gasteiger partial charge in [0, 0.05) is 11.1 Å². The lowest BCUT2D eigenvalue weighted by Gasteiger charge is -2.28. The van der Waals surface area contributed by atoms with Gasteiger partial charge in [0.05, 0.1) is 13.0 Å². The number of para-hydroxylation sites is 2. The Labute approximate surface area is 129 Å². The number of fused-ring (bicyclic) bond motifs is 2. The van der Waals surface area contributed by atoms with Crippen molar-refractivity contribution in [2.75, 3.05) is 7.11 Å². The zero-order valence-corrected chi connectivity index (χ0v) is 12.2. The zero-order valence-electron chi connectivity index (χ0n) is 12.2. The predicted molar refractivity (Wildman–Crippen MR) is 86.5 cm³/mol. The Morgan fingerprint density at radius 1 is 0.682 bits per heavy atom. The Balaban J connectivity index is 1.90. The van der Waals surface area contributed by atoms with Gasteiger partial charge in [0.15, 0.2) is 0 Å². The van der Waals surface area contributed by atoms with Crippen molar-refractivity contribution in [3.05, 3.63) is 95.4 Å². The second kappa shape index (κ2) is 5.23. The summed E-state index contributed by atoms with van der Waals surface area (Å²) in [5.74, 6) is 3.84. The van der Waals surface area contributed by atoms with Crippen LogP contribution in [0.5, 0.6) is 17.2 Å². The minimum absolute atomic E-state index is 0.859. The van der Waals surface area contributed by atoms with Gasteiger partial charge in [-0.2, -0.15) is 0 Å². The highest BCUT2D eigenvalue weighted by Crippen LogP contribution is 2.46. The van der Waals surface area contributed by atoms with Gasteiger partial charge in [-0.1, -0.05) is 48.5 Å².